The number of nitrogens with one attached hydrogen (secondary N) is 1. The summed E-state index contributed by atoms with van der Waals surface area (Å²) >= 11 is 0. The van der Waals surface area contributed by atoms with Gasteiger partial charge in [0, 0.05) is 51.4 Å². The molecule has 0 saturated carbocycles. The predicted octanol–water partition coefficient (Wildman–Crippen LogP) is 1.88. The Labute approximate surface area is 163 Å². The number of nitrogens with zero attached hydrogens (tertiary/aromatic N) is 5. The molecule has 0 amide bonds. The average molecular weight is 377 g/mol. The normalized spacial score (nSPS) is 22.2. The molecule has 1 atom stereocenters. The first-order valence-electron chi connectivity index (χ1n) is 10.5. The fourth-order valence-corrected chi connectivity index (χ4v) is 3.90. The number of guanidine groups is 1. The molecule has 1 N–H and O–H groups in total. The summed E-state index contributed by atoms with van der Waals surface area (Å²) in [6.07, 6.45) is 4.29. The lowest BCUT2D eigenvalue weighted by atomic mass is 9.98. The molecule has 1 aromatic heterocycles. The van der Waals surface area contributed by atoms with E-state index in [1.807, 2.05) is 6.07 Å². The molecule has 152 valence electrons. The molecule has 0 aromatic carbocycles. The first kappa shape index (κ1) is 20.1. The van der Waals surface area contributed by atoms with Gasteiger partial charge in [0.05, 0.1) is 12.2 Å². The van der Waals surface area contributed by atoms with Crippen LogP contribution in [-0.2, 0) is 6.54 Å². The second-order valence-electron chi connectivity index (χ2n) is 8.02. The van der Waals surface area contributed by atoms with Crippen molar-refractivity contribution in [1.82, 2.24) is 25.2 Å². The SMILES string of the molecule is CCNC(=NCC(C)N1CCC(C)CC1)N1CCN(Cc2ccon2)CC1. The predicted molar refractivity (Wildman–Crippen MR) is 109 cm³/mol. The molecule has 2 saturated heterocycles. The fraction of sp³-hybridized carbons (Fsp3) is 0.800. The molecule has 3 heterocycles. The van der Waals surface area contributed by atoms with E-state index in [2.05, 4.69) is 45.9 Å². The van der Waals surface area contributed by atoms with Crippen molar-refractivity contribution in [2.45, 2.75) is 46.2 Å². The second kappa shape index (κ2) is 10.1. The molecular formula is C20H36N6O. The van der Waals surface area contributed by atoms with E-state index in [1.54, 1.807) is 6.26 Å². The van der Waals surface area contributed by atoms with Crippen LogP contribution in [0.25, 0.3) is 0 Å². The van der Waals surface area contributed by atoms with Crippen molar-refractivity contribution in [3.8, 4) is 0 Å². The van der Waals surface area contributed by atoms with E-state index in [1.165, 1.54) is 25.9 Å². The van der Waals surface area contributed by atoms with Crippen molar-refractivity contribution in [2.75, 3.05) is 52.4 Å². The molecule has 7 heteroatoms. The molecule has 0 spiro atoms. The van der Waals surface area contributed by atoms with Crippen molar-refractivity contribution in [2.24, 2.45) is 10.9 Å². The lowest BCUT2D eigenvalue weighted by Crippen LogP contribution is -2.52. The smallest absolute Gasteiger partial charge is 0.194 e. The largest absolute Gasteiger partial charge is 0.364 e. The van der Waals surface area contributed by atoms with Gasteiger partial charge in [-0.2, -0.15) is 0 Å². The third-order valence-electron chi connectivity index (χ3n) is 5.83. The Morgan fingerprint density at radius 2 is 2.00 bits per heavy atom. The van der Waals surface area contributed by atoms with Gasteiger partial charge in [-0.05, 0) is 45.7 Å². The zero-order valence-electron chi connectivity index (χ0n) is 17.2. The fourth-order valence-electron chi connectivity index (χ4n) is 3.90. The summed E-state index contributed by atoms with van der Waals surface area (Å²) in [7, 11) is 0. The van der Waals surface area contributed by atoms with Gasteiger partial charge in [0.2, 0.25) is 0 Å². The van der Waals surface area contributed by atoms with Gasteiger partial charge in [0.1, 0.15) is 6.26 Å². The van der Waals surface area contributed by atoms with E-state index in [4.69, 9.17) is 9.52 Å². The zero-order chi connectivity index (χ0) is 19.1. The van der Waals surface area contributed by atoms with Crippen LogP contribution in [0.3, 0.4) is 0 Å². The van der Waals surface area contributed by atoms with Gasteiger partial charge in [0.15, 0.2) is 5.96 Å². The lowest BCUT2D eigenvalue weighted by Gasteiger charge is -2.37. The Morgan fingerprint density at radius 1 is 1.26 bits per heavy atom. The lowest BCUT2D eigenvalue weighted by molar-refractivity contribution is 0.149. The second-order valence-corrected chi connectivity index (χ2v) is 8.02. The third kappa shape index (κ3) is 5.94. The Kier molecular flexibility index (Phi) is 7.52. The molecule has 0 aliphatic carbocycles. The van der Waals surface area contributed by atoms with Crippen LogP contribution in [0.2, 0.25) is 0 Å². The molecule has 7 nitrogen and oxygen atoms in total. The van der Waals surface area contributed by atoms with Crippen LogP contribution in [0.4, 0.5) is 0 Å². The summed E-state index contributed by atoms with van der Waals surface area (Å²) in [4.78, 5) is 12.4. The minimum atomic E-state index is 0.514. The van der Waals surface area contributed by atoms with E-state index in [-0.39, 0.29) is 0 Å². The van der Waals surface area contributed by atoms with E-state index in [0.29, 0.717) is 6.04 Å². The van der Waals surface area contributed by atoms with Gasteiger partial charge < -0.3 is 14.7 Å². The molecule has 2 fully saturated rings. The highest BCUT2D eigenvalue weighted by Crippen LogP contribution is 2.18. The Bertz CT molecular complexity index is 559. The average Bonchev–Trinajstić information content (AvgIpc) is 3.19. The van der Waals surface area contributed by atoms with Crippen LogP contribution in [0, 0.1) is 5.92 Å². The minimum absolute atomic E-state index is 0.514. The summed E-state index contributed by atoms with van der Waals surface area (Å²) in [6.45, 7) is 16.0. The van der Waals surface area contributed by atoms with Crippen LogP contribution < -0.4 is 5.32 Å². The molecular weight excluding hydrogens is 340 g/mol. The summed E-state index contributed by atoms with van der Waals surface area (Å²) in [5.41, 5.74) is 1.01. The minimum Gasteiger partial charge on any atom is -0.364 e. The maximum atomic E-state index is 4.98. The number of aromatic nitrogens is 1. The number of rotatable bonds is 6. The highest BCUT2D eigenvalue weighted by Gasteiger charge is 2.22. The van der Waals surface area contributed by atoms with Gasteiger partial charge in [-0.15, -0.1) is 0 Å². The van der Waals surface area contributed by atoms with Crippen LogP contribution >= 0.6 is 0 Å². The topological polar surface area (TPSA) is 60.1 Å². The summed E-state index contributed by atoms with van der Waals surface area (Å²) in [5, 5.41) is 7.51. The van der Waals surface area contributed by atoms with Crippen LogP contribution in [0.5, 0.6) is 0 Å². The Balaban J connectivity index is 1.48. The Morgan fingerprint density at radius 3 is 2.63 bits per heavy atom. The van der Waals surface area contributed by atoms with E-state index >= 15 is 0 Å². The Hall–Kier alpha value is -1.60. The molecule has 1 unspecified atom stereocenters. The van der Waals surface area contributed by atoms with Gasteiger partial charge in [-0.25, -0.2) is 0 Å². The van der Waals surface area contributed by atoms with Crippen LogP contribution in [0.1, 0.15) is 39.3 Å². The van der Waals surface area contributed by atoms with Crippen molar-refractivity contribution in [1.29, 1.82) is 0 Å². The number of aliphatic imine (C=N–C) groups is 1. The highest BCUT2D eigenvalue weighted by molar-refractivity contribution is 5.80. The number of hydrogen-bond acceptors (Lipinski definition) is 5. The first-order chi connectivity index (χ1) is 13.2. The summed E-state index contributed by atoms with van der Waals surface area (Å²) in [6, 6.07) is 2.46. The van der Waals surface area contributed by atoms with Gasteiger partial charge >= 0.3 is 0 Å². The molecule has 1 aromatic rings. The van der Waals surface area contributed by atoms with Gasteiger partial charge in [-0.1, -0.05) is 12.1 Å². The van der Waals surface area contributed by atoms with Crippen molar-refractivity contribution in [3.63, 3.8) is 0 Å². The van der Waals surface area contributed by atoms with E-state index < -0.39 is 0 Å². The maximum Gasteiger partial charge on any atom is 0.194 e. The molecule has 0 radical (unpaired) electrons. The number of piperidine rings is 1. The van der Waals surface area contributed by atoms with Crippen molar-refractivity contribution >= 4 is 5.96 Å². The van der Waals surface area contributed by atoms with E-state index in [0.717, 1.165) is 63.4 Å². The monoisotopic (exact) mass is 376 g/mol. The molecule has 0 bridgehead atoms. The quantitative estimate of drug-likeness (QED) is 0.604. The molecule has 27 heavy (non-hydrogen) atoms. The highest BCUT2D eigenvalue weighted by atomic mass is 16.5. The molecule has 2 aliphatic heterocycles. The number of likely N-dealkylation sites (tertiary alicyclic amines) is 1. The third-order valence-corrected chi connectivity index (χ3v) is 5.83. The number of piperazine rings is 1. The van der Waals surface area contributed by atoms with Gasteiger partial charge in [0.25, 0.3) is 0 Å². The molecule has 3 rings (SSSR count). The number of hydrogen-bond donors (Lipinski definition) is 1. The summed E-state index contributed by atoms with van der Waals surface area (Å²) in [5.74, 6) is 1.94. The van der Waals surface area contributed by atoms with Crippen LogP contribution in [0.15, 0.2) is 21.8 Å². The van der Waals surface area contributed by atoms with E-state index in [9.17, 15) is 0 Å². The van der Waals surface area contributed by atoms with Gasteiger partial charge in [-0.3, -0.25) is 14.8 Å². The standard InChI is InChI=1S/C20H36N6O/c1-4-21-20(22-15-18(3)25-8-5-17(2)6-9-25)26-12-10-24(11-13-26)16-19-7-14-27-23-19/h7,14,17-18H,4-6,8-13,15-16H2,1-3H3,(H,21,22). The zero-order valence-corrected chi connectivity index (χ0v) is 17.2. The first-order valence-corrected chi connectivity index (χ1v) is 10.5. The maximum absolute atomic E-state index is 4.98. The van der Waals surface area contributed by atoms with Crippen LogP contribution in [-0.4, -0.2) is 84.2 Å². The summed E-state index contributed by atoms with van der Waals surface area (Å²) < 4.78 is 4.94. The van der Waals surface area contributed by atoms with Crippen molar-refractivity contribution in [3.05, 3.63) is 18.0 Å². The van der Waals surface area contributed by atoms with Crippen molar-refractivity contribution < 1.29 is 4.52 Å². The molecule has 2 aliphatic rings.